The number of morpholine rings is 1. The van der Waals surface area contributed by atoms with Crippen molar-refractivity contribution < 1.29 is 9.84 Å². The standard InChI is InChI=1S/C16H24ClNO2.ClH/c1-12(9-13-5-3-4-6-14(13)17)10-16(2,19)15-11-18-7-8-20-15;/h3-6,12,15,18-19H,7-11H2,1-2H3;1H. The molecule has 0 saturated carbocycles. The lowest BCUT2D eigenvalue weighted by molar-refractivity contribution is -0.118. The number of nitrogens with one attached hydrogen (secondary N) is 1. The van der Waals surface area contributed by atoms with Crippen LogP contribution in [0.2, 0.25) is 5.02 Å². The molecule has 1 aromatic carbocycles. The van der Waals surface area contributed by atoms with Gasteiger partial charge in [0.25, 0.3) is 0 Å². The van der Waals surface area contributed by atoms with Crippen molar-refractivity contribution in [3.05, 3.63) is 34.9 Å². The summed E-state index contributed by atoms with van der Waals surface area (Å²) in [5, 5.41) is 14.7. The Bertz CT molecular complexity index is 434. The number of ether oxygens (including phenoxy) is 1. The Hall–Kier alpha value is -0.320. The highest BCUT2D eigenvalue weighted by atomic mass is 35.5. The largest absolute Gasteiger partial charge is 0.387 e. The monoisotopic (exact) mass is 333 g/mol. The Morgan fingerprint density at radius 3 is 2.81 bits per heavy atom. The topological polar surface area (TPSA) is 41.5 Å². The number of halogens is 2. The molecular formula is C16H25Cl2NO2. The zero-order chi connectivity index (χ0) is 14.6. The minimum absolute atomic E-state index is 0. The predicted molar refractivity (Wildman–Crippen MR) is 89.4 cm³/mol. The van der Waals surface area contributed by atoms with Crippen molar-refractivity contribution in [3.8, 4) is 0 Å². The van der Waals surface area contributed by atoms with Gasteiger partial charge in [-0.1, -0.05) is 36.7 Å². The lowest BCUT2D eigenvalue weighted by atomic mass is 9.85. The van der Waals surface area contributed by atoms with Crippen LogP contribution in [0.3, 0.4) is 0 Å². The smallest absolute Gasteiger partial charge is 0.0983 e. The maximum atomic E-state index is 10.7. The average Bonchev–Trinajstić information content (AvgIpc) is 2.42. The second-order valence-corrected chi connectivity index (χ2v) is 6.43. The van der Waals surface area contributed by atoms with Crippen molar-refractivity contribution in [1.29, 1.82) is 0 Å². The molecule has 3 unspecified atom stereocenters. The minimum Gasteiger partial charge on any atom is -0.387 e. The number of rotatable bonds is 5. The van der Waals surface area contributed by atoms with Gasteiger partial charge in [-0.3, -0.25) is 0 Å². The molecule has 1 aliphatic heterocycles. The third kappa shape index (κ3) is 5.42. The molecule has 5 heteroatoms. The molecule has 0 bridgehead atoms. The Balaban J connectivity index is 0.00000220. The molecular weight excluding hydrogens is 309 g/mol. The van der Waals surface area contributed by atoms with Gasteiger partial charge in [-0.05, 0) is 37.3 Å². The fourth-order valence-corrected chi connectivity index (χ4v) is 3.13. The highest BCUT2D eigenvalue weighted by Crippen LogP contribution is 2.27. The quantitative estimate of drug-likeness (QED) is 0.870. The summed E-state index contributed by atoms with van der Waals surface area (Å²) in [7, 11) is 0. The van der Waals surface area contributed by atoms with Crippen LogP contribution in [0.1, 0.15) is 25.8 Å². The molecule has 3 atom stereocenters. The lowest BCUT2D eigenvalue weighted by Crippen LogP contribution is -2.52. The van der Waals surface area contributed by atoms with Crippen LogP contribution < -0.4 is 5.32 Å². The third-order valence-corrected chi connectivity index (χ3v) is 4.28. The molecule has 1 aromatic rings. The van der Waals surface area contributed by atoms with Crippen molar-refractivity contribution in [2.45, 2.75) is 38.4 Å². The first-order chi connectivity index (χ1) is 9.49. The predicted octanol–water partition coefficient (Wildman–Crippen LogP) is 3.07. The first-order valence-corrected chi connectivity index (χ1v) is 7.65. The SMILES string of the molecule is CC(Cc1ccccc1Cl)CC(C)(O)C1CNCCO1.Cl. The molecule has 0 spiro atoms. The molecule has 1 fully saturated rings. The molecule has 0 aliphatic carbocycles. The first-order valence-electron chi connectivity index (χ1n) is 7.27. The van der Waals surface area contributed by atoms with Crippen molar-refractivity contribution in [2.75, 3.05) is 19.7 Å². The number of hydrogen-bond donors (Lipinski definition) is 2. The van der Waals surface area contributed by atoms with E-state index in [2.05, 4.69) is 12.2 Å². The van der Waals surface area contributed by atoms with Crippen LogP contribution in [0.25, 0.3) is 0 Å². The van der Waals surface area contributed by atoms with Gasteiger partial charge in [0, 0.05) is 18.1 Å². The van der Waals surface area contributed by atoms with E-state index >= 15 is 0 Å². The van der Waals surface area contributed by atoms with E-state index in [-0.39, 0.29) is 18.5 Å². The highest BCUT2D eigenvalue weighted by Gasteiger charge is 2.35. The molecule has 0 amide bonds. The van der Waals surface area contributed by atoms with Gasteiger partial charge in [-0.15, -0.1) is 12.4 Å². The zero-order valence-electron chi connectivity index (χ0n) is 12.6. The van der Waals surface area contributed by atoms with Gasteiger partial charge in [0.1, 0.15) is 0 Å². The second kappa shape index (κ2) is 8.35. The van der Waals surface area contributed by atoms with Crippen molar-refractivity contribution in [2.24, 2.45) is 5.92 Å². The summed E-state index contributed by atoms with van der Waals surface area (Å²) in [6, 6.07) is 7.90. The molecule has 1 heterocycles. The molecule has 0 radical (unpaired) electrons. The van der Waals surface area contributed by atoms with Crippen LogP contribution in [-0.4, -0.2) is 36.5 Å². The van der Waals surface area contributed by atoms with Gasteiger partial charge in [-0.25, -0.2) is 0 Å². The van der Waals surface area contributed by atoms with Crippen LogP contribution in [0, 0.1) is 5.92 Å². The number of benzene rings is 1. The van der Waals surface area contributed by atoms with Crippen LogP contribution in [-0.2, 0) is 11.2 Å². The van der Waals surface area contributed by atoms with Crippen LogP contribution in [0.4, 0.5) is 0 Å². The fraction of sp³-hybridized carbons (Fsp3) is 0.625. The summed E-state index contributed by atoms with van der Waals surface area (Å²) < 4.78 is 5.68. The van der Waals surface area contributed by atoms with Crippen molar-refractivity contribution in [3.63, 3.8) is 0 Å². The molecule has 2 N–H and O–H groups in total. The van der Waals surface area contributed by atoms with E-state index in [9.17, 15) is 5.11 Å². The number of hydrogen-bond acceptors (Lipinski definition) is 3. The maximum absolute atomic E-state index is 10.7. The van der Waals surface area contributed by atoms with Gasteiger partial charge in [0.05, 0.1) is 18.3 Å². The van der Waals surface area contributed by atoms with E-state index in [4.69, 9.17) is 16.3 Å². The van der Waals surface area contributed by atoms with Gasteiger partial charge in [0.2, 0.25) is 0 Å². The van der Waals surface area contributed by atoms with E-state index in [1.165, 1.54) is 0 Å². The fourth-order valence-electron chi connectivity index (χ4n) is 2.91. The summed E-state index contributed by atoms with van der Waals surface area (Å²) in [4.78, 5) is 0. The lowest BCUT2D eigenvalue weighted by Gasteiger charge is -2.37. The molecule has 2 rings (SSSR count). The maximum Gasteiger partial charge on any atom is 0.0983 e. The zero-order valence-corrected chi connectivity index (χ0v) is 14.2. The average molecular weight is 334 g/mol. The van der Waals surface area contributed by atoms with E-state index in [1.807, 2.05) is 31.2 Å². The Labute approximate surface area is 138 Å². The van der Waals surface area contributed by atoms with E-state index in [0.717, 1.165) is 23.6 Å². The molecule has 1 aliphatic rings. The Morgan fingerprint density at radius 1 is 1.48 bits per heavy atom. The molecule has 3 nitrogen and oxygen atoms in total. The van der Waals surface area contributed by atoms with Crippen LogP contribution in [0.15, 0.2) is 24.3 Å². The van der Waals surface area contributed by atoms with Gasteiger partial charge in [0.15, 0.2) is 0 Å². The second-order valence-electron chi connectivity index (χ2n) is 6.03. The summed E-state index contributed by atoms with van der Waals surface area (Å²) >= 11 is 6.19. The van der Waals surface area contributed by atoms with Crippen LogP contribution in [0.5, 0.6) is 0 Å². The summed E-state index contributed by atoms with van der Waals surface area (Å²) in [6.07, 6.45) is 1.44. The summed E-state index contributed by atoms with van der Waals surface area (Å²) in [6.45, 7) is 6.26. The first kappa shape index (κ1) is 18.7. The minimum atomic E-state index is -0.811. The van der Waals surface area contributed by atoms with E-state index in [0.29, 0.717) is 25.5 Å². The van der Waals surface area contributed by atoms with Crippen LogP contribution >= 0.6 is 24.0 Å². The normalized spacial score (nSPS) is 23.0. The molecule has 0 aromatic heterocycles. The summed E-state index contributed by atoms with van der Waals surface area (Å²) in [5.41, 5.74) is 0.328. The van der Waals surface area contributed by atoms with Crippen molar-refractivity contribution in [1.82, 2.24) is 5.32 Å². The Morgan fingerprint density at radius 2 is 2.19 bits per heavy atom. The number of aliphatic hydroxyl groups is 1. The third-order valence-electron chi connectivity index (χ3n) is 3.91. The van der Waals surface area contributed by atoms with Gasteiger partial charge < -0.3 is 15.2 Å². The highest BCUT2D eigenvalue weighted by molar-refractivity contribution is 6.31. The summed E-state index contributed by atoms with van der Waals surface area (Å²) in [5.74, 6) is 0.343. The molecule has 21 heavy (non-hydrogen) atoms. The Kier molecular flexibility index (Phi) is 7.45. The van der Waals surface area contributed by atoms with E-state index < -0.39 is 5.60 Å². The van der Waals surface area contributed by atoms with E-state index in [1.54, 1.807) is 0 Å². The van der Waals surface area contributed by atoms with Gasteiger partial charge >= 0.3 is 0 Å². The van der Waals surface area contributed by atoms with Crippen molar-refractivity contribution >= 4 is 24.0 Å². The van der Waals surface area contributed by atoms with Gasteiger partial charge in [-0.2, -0.15) is 0 Å². The molecule has 120 valence electrons. The molecule has 1 saturated heterocycles.